The molecular formula is C12H22FN7. The SMILES string of the molecule is CN(C)CCN1CCN(c2nc(NN)ncc2F)CC1. The number of likely N-dealkylation sites (N-methyl/N-ethyl adjacent to an activating group) is 1. The molecule has 0 atom stereocenters. The van der Waals surface area contributed by atoms with E-state index in [0.717, 1.165) is 45.5 Å². The molecule has 7 nitrogen and oxygen atoms in total. The van der Waals surface area contributed by atoms with E-state index in [1.54, 1.807) is 0 Å². The number of nitrogens with one attached hydrogen (secondary N) is 1. The number of anilines is 2. The number of hydrazine groups is 1. The van der Waals surface area contributed by atoms with Gasteiger partial charge in [0.2, 0.25) is 5.95 Å². The van der Waals surface area contributed by atoms with E-state index in [1.807, 2.05) is 4.90 Å². The molecule has 0 spiro atoms. The topological polar surface area (TPSA) is 73.5 Å². The fraction of sp³-hybridized carbons (Fsp3) is 0.667. The molecule has 1 aliphatic rings. The smallest absolute Gasteiger partial charge is 0.239 e. The Balaban J connectivity index is 1.93. The Kier molecular flexibility index (Phi) is 5.05. The first-order valence-corrected chi connectivity index (χ1v) is 6.71. The summed E-state index contributed by atoms with van der Waals surface area (Å²) in [5.74, 6) is 5.40. The van der Waals surface area contributed by atoms with E-state index in [2.05, 4.69) is 39.3 Å². The van der Waals surface area contributed by atoms with E-state index < -0.39 is 5.82 Å². The van der Waals surface area contributed by atoms with Crippen molar-refractivity contribution in [2.45, 2.75) is 0 Å². The van der Waals surface area contributed by atoms with Crippen molar-refractivity contribution in [1.29, 1.82) is 0 Å². The first-order chi connectivity index (χ1) is 9.60. The zero-order valence-corrected chi connectivity index (χ0v) is 12.0. The van der Waals surface area contributed by atoms with Gasteiger partial charge in [-0.1, -0.05) is 0 Å². The molecule has 1 aliphatic heterocycles. The van der Waals surface area contributed by atoms with Crippen molar-refractivity contribution < 1.29 is 4.39 Å². The molecule has 3 N–H and O–H groups in total. The fourth-order valence-electron chi connectivity index (χ4n) is 2.17. The Hall–Kier alpha value is -1.51. The maximum absolute atomic E-state index is 13.8. The van der Waals surface area contributed by atoms with Crippen LogP contribution in [-0.4, -0.2) is 73.1 Å². The molecular weight excluding hydrogens is 261 g/mol. The van der Waals surface area contributed by atoms with E-state index in [9.17, 15) is 4.39 Å². The largest absolute Gasteiger partial charge is 0.351 e. The molecule has 0 unspecified atom stereocenters. The van der Waals surface area contributed by atoms with Gasteiger partial charge in [0, 0.05) is 39.3 Å². The summed E-state index contributed by atoms with van der Waals surface area (Å²) < 4.78 is 13.8. The van der Waals surface area contributed by atoms with Crippen LogP contribution in [0.2, 0.25) is 0 Å². The van der Waals surface area contributed by atoms with Crippen molar-refractivity contribution in [3.63, 3.8) is 0 Å². The molecule has 20 heavy (non-hydrogen) atoms. The average molecular weight is 283 g/mol. The number of rotatable bonds is 5. The molecule has 1 saturated heterocycles. The van der Waals surface area contributed by atoms with Gasteiger partial charge >= 0.3 is 0 Å². The van der Waals surface area contributed by atoms with Crippen LogP contribution in [0.25, 0.3) is 0 Å². The molecule has 2 heterocycles. The maximum Gasteiger partial charge on any atom is 0.239 e. The molecule has 112 valence electrons. The predicted octanol–water partition coefficient (Wildman–Crippen LogP) is -0.415. The van der Waals surface area contributed by atoms with Gasteiger partial charge in [0.1, 0.15) is 0 Å². The van der Waals surface area contributed by atoms with Gasteiger partial charge in [-0.3, -0.25) is 10.3 Å². The molecule has 1 fully saturated rings. The zero-order chi connectivity index (χ0) is 14.5. The summed E-state index contributed by atoms with van der Waals surface area (Å²) in [6.45, 7) is 5.38. The molecule has 1 aromatic rings. The monoisotopic (exact) mass is 283 g/mol. The Labute approximate surface area is 118 Å². The number of aromatic nitrogens is 2. The normalized spacial score (nSPS) is 16.8. The number of nitrogens with zero attached hydrogens (tertiary/aromatic N) is 5. The van der Waals surface area contributed by atoms with Gasteiger partial charge in [-0.25, -0.2) is 15.2 Å². The number of halogens is 1. The molecule has 2 rings (SSSR count). The summed E-state index contributed by atoms with van der Waals surface area (Å²) in [5, 5.41) is 0. The van der Waals surface area contributed by atoms with Crippen molar-refractivity contribution in [2.75, 3.05) is 63.7 Å². The van der Waals surface area contributed by atoms with Crippen LogP contribution in [0.3, 0.4) is 0 Å². The zero-order valence-electron chi connectivity index (χ0n) is 12.0. The Morgan fingerprint density at radius 1 is 1.35 bits per heavy atom. The first kappa shape index (κ1) is 14.9. The van der Waals surface area contributed by atoms with Crippen molar-refractivity contribution in [2.24, 2.45) is 5.84 Å². The minimum atomic E-state index is -0.411. The second-order valence-corrected chi connectivity index (χ2v) is 5.14. The average Bonchev–Trinajstić information content (AvgIpc) is 2.46. The van der Waals surface area contributed by atoms with Gasteiger partial charge in [-0.15, -0.1) is 0 Å². The molecule has 0 radical (unpaired) electrons. The summed E-state index contributed by atoms with van der Waals surface area (Å²) in [4.78, 5) is 14.3. The lowest BCUT2D eigenvalue weighted by molar-refractivity contribution is 0.228. The molecule has 0 aromatic carbocycles. The minimum Gasteiger partial charge on any atom is -0.351 e. The quantitative estimate of drug-likeness (QED) is 0.562. The summed E-state index contributed by atoms with van der Waals surface area (Å²) in [6, 6.07) is 0. The second-order valence-electron chi connectivity index (χ2n) is 5.14. The van der Waals surface area contributed by atoms with Gasteiger partial charge in [-0.2, -0.15) is 4.98 Å². The van der Waals surface area contributed by atoms with Gasteiger partial charge in [0.25, 0.3) is 0 Å². The number of nitrogens with two attached hydrogens (primary N) is 1. The van der Waals surface area contributed by atoms with Crippen LogP contribution >= 0.6 is 0 Å². The van der Waals surface area contributed by atoms with E-state index in [0.29, 0.717) is 5.82 Å². The Bertz CT molecular complexity index is 432. The maximum atomic E-state index is 13.8. The van der Waals surface area contributed by atoms with Crippen LogP contribution in [0.4, 0.5) is 16.2 Å². The number of piperazine rings is 1. The van der Waals surface area contributed by atoms with Gasteiger partial charge in [0.05, 0.1) is 6.20 Å². The van der Waals surface area contributed by atoms with Crippen LogP contribution in [-0.2, 0) is 0 Å². The molecule has 0 amide bonds. The Morgan fingerprint density at radius 2 is 2.05 bits per heavy atom. The van der Waals surface area contributed by atoms with Crippen molar-refractivity contribution in [3.05, 3.63) is 12.0 Å². The van der Waals surface area contributed by atoms with Gasteiger partial charge < -0.3 is 9.80 Å². The van der Waals surface area contributed by atoms with E-state index >= 15 is 0 Å². The minimum absolute atomic E-state index is 0.233. The number of nitrogen functional groups attached to an aromatic ring is 1. The lowest BCUT2D eigenvalue weighted by atomic mass is 10.3. The van der Waals surface area contributed by atoms with Gasteiger partial charge in [0.15, 0.2) is 11.6 Å². The van der Waals surface area contributed by atoms with Gasteiger partial charge in [-0.05, 0) is 14.1 Å². The highest BCUT2D eigenvalue weighted by molar-refractivity contribution is 5.44. The standard InChI is InChI=1S/C12H22FN7/c1-18(2)3-4-19-5-7-20(8-6-19)11-10(13)9-15-12(16-11)17-14/h9H,3-8,14H2,1-2H3,(H,15,16,17). The lowest BCUT2D eigenvalue weighted by Crippen LogP contribution is -2.48. The van der Waals surface area contributed by atoms with Crippen LogP contribution in [0, 0.1) is 5.82 Å². The van der Waals surface area contributed by atoms with Crippen LogP contribution in [0.15, 0.2) is 6.20 Å². The predicted molar refractivity (Wildman–Crippen MR) is 77.0 cm³/mol. The summed E-state index contributed by atoms with van der Waals surface area (Å²) in [5.41, 5.74) is 2.34. The van der Waals surface area contributed by atoms with E-state index in [-0.39, 0.29) is 5.95 Å². The number of hydrogen-bond donors (Lipinski definition) is 2. The van der Waals surface area contributed by atoms with Crippen LogP contribution in [0.5, 0.6) is 0 Å². The highest BCUT2D eigenvalue weighted by Gasteiger charge is 2.21. The summed E-state index contributed by atoms with van der Waals surface area (Å²) in [7, 11) is 4.13. The van der Waals surface area contributed by atoms with Crippen molar-refractivity contribution in [3.8, 4) is 0 Å². The third-order valence-corrected chi connectivity index (χ3v) is 3.39. The lowest BCUT2D eigenvalue weighted by Gasteiger charge is -2.35. The van der Waals surface area contributed by atoms with Crippen molar-refractivity contribution in [1.82, 2.24) is 19.8 Å². The van der Waals surface area contributed by atoms with E-state index in [1.165, 1.54) is 0 Å². The van der Waals surface area contributed by atoms with E-state index in [4.69, 9.17) is 5.84 Å². The van der Waals surface area contributed by atoms with Crippen LogP contribution < -0.4 is 16.2 Å². The third kappa shape index (κ3) is 3.75. The third-order valence-electron chi connectivity index (χ3n) is 3.39. The highest BCUT2D eigenvalue weighted by atomic mass is 19.1. The first-order valence-electron chi connectivity index (χ1n) is 6.71. The second kappa shape index (κ2) is 6.78. The Morgan fingerprint density at radius 3 is 2.65 bits per heavy atom. The highest BCUT2D eigenvalue weighted by Crippen LogP contribution is 2.18. The summed E-state index contributed by atoms with van der Waals surface area (Å²) in [6.07, 6.45) is 1.15. The molecule has 0 bridgehead atoms. The summed E-state index contributed by atoms with van der Waals surface area (Å²) >= 11 is 0. The molecule has 8 heteroatoms. The number of hydrogen-bond acceptors (Lipinski definition) is 7. The fourth-order valence-corrected chi connectivity index (χ4v) is 2.17. The van der Waals surface area contributed by atoms with Crippen molar-refractivity contribution >= 4 is 11.8 Å². The molecule has 1 aromatic heterocycles. The molecule has 0 aliphatic carbocycles. The van der Waals surface area contributed by atoms with Crippen LogP contribution in [0.1, 0.15) is 0 Å². The molecule has 0 saturated carbocycles.